The van der Waals surface area contributed by atoms with E-state index in [1.807, 2.05) is 0 Å². The van der Waals surface area contributed by atoms with Crippen molar-refractivity contribution in [1.82, 2.24) is 9.97 Å². The van der Waals surface area contributed by atoms with E-state index in [0.717, 1.165) is 0 Å². The molecule has 17 heavy (non-hydrogen) atoms. The Morgan fingerprint density at radius 3 is 2.76 bits per heavy atom. The van der Waals surface area contributed by atoms with Gasteiger partial charge in [-0.25, -0.2) is 14.8 Å². The second-order valence-electron chi connectivity index (χ2n) is 3.30. The van der Waals surface area contributed by atoms with Gasteiger partial charge in [-0.2, -0.15) is 0 Å². The Labute approximate surface area is 97.4 Å². The maximum atomic E-state index is 11.6. The topological polar surface area (TPSA) is 87.3 Å². The van der Waals surface area contributed by atoms with E-state index in [-0.39, 0.29) is 5.95 Å². The number of carbonyl (C=O) groups excluding carboxylic acids is 1. The van der Waals surface area contributed by atoms with E-state index < -0.39 is 5.97 Å². The van der Waals surface area contributed by atoms with Crippen molar-refractivity contribution in [3.63, 3.8) is 0 Å². The lowest BCUT2D eigenvalue weighted by molar-refractivity contribution is 0.0603. The molecule has 0 spiro atoms. The van der Waals surface area contributed by atoms with E-state index in [1.54, 1.807) is 12.1 Å². The molecule has 0 saturated heterocycles. The molecule has 6 nitrogen and oxygen atoms in total. The maximum Gasteiger partial charge on any atom is 0.338 e. The summed E-state index contributed by atoms with van der Waals surface area (Å²) in [4.78, 5) is 19.5. The molecule has 2 aromatic rings. The van der Waals surface area contributed by atoms with Crippen molar-refractivity contribution >= 4 is 22.8 Å². The predicted molar refractivity (Wildman–Crippen MR) is 61.8 cm³/mol. The molecule has 6 heteroatoms. The Bertz CT molecular complexity index is 583. The van der Waals surface area contributed by atoms with Gasteiger partial charge in [0.25, 0.3) is 0 Å². The number of ether oxygens (including phenoxy) is 2. The number of fused-ring (bicyclic) bond motifs is 1. The molecular weight excluding hydrogens is 222 g/mol. The quantitative estimate of drug-likeness (QED) is 0.779. The van der Waals surface area contributed by atoms with Crippen molar-refractivity contribution < 1.29 is 14.3 Å². The number of nitrogen functional groups attached to an aromatic ring is 1. The van der Waals surface area contributed by atoms with Gasteiger partial charge < -0.3 is 15.2 Å². The van der Waals surface area contributed by atoms with E-state index in [2.05, 4.69) is 14.7 Å². The van der Waals surface area contributed by atoms with E-state index in [4.69, 9.17) is 10.5 Å². The number of nitrogens with zero attached hydrogens (tertiary/aromatic N) is 2. The normalized spacial score (nSPS) is 10.2. The molecule has 0 aliphatic carbocycles. The molecule has 0 unspecified atom stereocenters. The summed E-state index contributed by atoms with van der Waals surface area (Å²) < 4.78 is 9.83. The van der Waals surface area contributed by atoms with Gasteiger partial charge in [0.15, 0.2) is 0 Å². The summed E-state index contributed by atoms with van der Waals surface area (Å²) in [5, 5.41) is 0.547. The fourth-order valence-corrected chi connectivity index (χ4v) is 1.56. The number of rotatable bonds is 2. The number of anilines is 1. The summed E-state index contributed by atoms with van der Waals surface area (Å²) in [6.45, 7) is 0. The lowest BCUT2D eigenvalue weighted by Crippen LogP contribution is -2.04. The average molecular weight is 233 g/mol. The highest BCUT2D eigenvalue weighted by Crippen LogP contribution is 2.27. The number of hydrogen-bond acceptors (Lipinski definition) is 6. The number of aromatic nitrogens is 2. The molecule has 2 rings (SSSR count). The number of nitrogens with two attached hydrogens (primary N) is 1. The summed E-state index contributed by atoms with van der Waals surface area (Å²) in [6, 6.07) is 3.24. The van der Waals surface area contributed by atoms with Gasteiger partial charge in [-0.15, -0.1) is 0 Å². The molecule has 0 bridgehead atoms. The van der Waals surface area contributed by atoms with Gasteiger partial charge in [-0.05, 0) is 12.1 Å². The SMILES string of the molecule is COC(=O)c1ccc(OC)c2nc(N)ncc12. The first-order valence-corrected chi connectivity index (χ1v) is 4.85. The zero-order chi connectivity index (χ0) is 12.4. The van der Waals surface area contributed by atoms with Crippen LogP contribution in [0.3, 0.4) is 0 Å². The molecule has 88 valence electrons. The van der Waals surface area contributed by atoms with Gasteiger partial charge in [-0.1, -0.05) is 0 Å². The summed E-state index contributed by atoms with van der Waals surface area (Å²) in [6.07, 6.45) is 1.48. The van der Waals surface area contributed by atoms with Crippen LogP contribution in [0.1, 0.15) is 10.4 Å². The highest BCUT2D eigenvalue weighted by atomic mass is 16.5. The molecule has 0 radical (unpaired) electrons. The van der Waals surface area contributed by atoms with Gasteiger partial charge in [0.2, 0.25) is 5.95 Å². The van der Waals surface area contributed by atoms with Crippen LogP contribution in [-0.4, -0.2) is 30.2 Å². The molecule has 2 N–H and O–H groups in total. The smallest absolute Gasteiger partial charge is 0.338 e. The van der Waals surface area contributed by atoms with Crippen LogP contribution in [0.2, 0.25) is 0 Å². The zero-order valence-corrected chi connectivity index (χ0v) is 9.43. The number of carbonyl (C=O) groups is 1. The van der Waals surface area contributed by atoms with Crippen LogP contribution in [-0.2, 0) is 4.74 Å². The largest absolute Gasteiger partial charge is 0.494 e. The summed E-state index contributed by atoms with van der Waals surface area (Å²) in [5.74, 6) is 0.200. The van der Waals surface area contributed by atoms with Crippen molar-refractivity contribution in [3.8, 4) is 5.75 Å². The molecule has 1 aromatic heterocycles. The first-order chi connectivity index (χ1) is 8.17. The minimum atomic E-state index is -0.453. The molecule has 0 atom stereocenters. The standard InChI is InChI=1S/C11H11N3O3/c1-16-8-4-3-6(10(15)17-2)7-5-13-11(12)14-9(7)8/h3-5H,1-2H3,(H2,12,13,14). The zero-order valence-electron chi connectivity index (χ0n) is 9.43. The van der Waals surface area contributed by atoms with Crippen molar-refractivity contribution in [3.05, 3.63) is 23.9 Å². The van der Waals surface area contributed by atoms with Crippen LogP contribution in [0.5, 0.6) is 5.75 Å². The van der Waals surface area contributed by atoms with Crippen molar-refractivity contribution in [2.45, 2.75) is 0 Å². The Morgan fingerprint density at radius 1 is 1.35 bits per heavy atom. The third-order valence-corrected chi connectivity index (χ3v) is 2.36. The molecule has 0 aliphatic rings. The van der Waals surface area contributed by atoms with Gasteiger partial charge in [0.1, 0.15) is 11.3 Å². The monoisotopic (exact) mass is 233 g/mol. The third kappa shape index (κ3) is 1.84. The maximum absolute atomic E-state index is 11.6. The minimum absolute atomic E-state index is 0.123. The van der Waals surface area contributed by atoms with E-state index in [0.29, 0.717) is 22.2 Å². The van der Waals surface area contributed by atoms with Gasteiger partial charge >= 0.3 is 5.97 Å². The van der Waals surface area contributed by atoms with Crippen LogP contribution in [0.15, 0.2) is 18.3 Å². The lowest BCUT2D eigenvalue weighted by atomic mass is 10.1. The lowest BCUT2D eigenvalue weighted by Gasteiger charge is -2.08. The summed E-state index contributed by atoms with van der Waals surface area (Å²) in [7, 11) is 2.83. The number of esters is 1. The van der Waals surface area contributed by atoms with Crippen LogP contribution in [0.25, 0.3) is 10.9 Å². The Hall–Kier alpha value is -2.37. The van der Waals surface area contributed by atoms with Crippen molar-refractivity contribution in [1.29, 1.82) is 0 Å². The van der Waals surface area contributed by atoms with Gasteiger partial charge in [0.05, 0.1) is 19.8 Å². The average Bonchev–Trinajstić information content (AvgIpc) is 2.36. The fourth-order valence-electron chi connectivity index (χ4n) is 1.56. The first kappa shape index (κ1) is 11.1. The Balaban J connectivity index is 2.77. The van der Waals surface area contributed by atoms with Crippen molar-refractivity contribution in [2.75, 3.05) is 20.0 Å². The fraction of sp³-hybridized carbons (Fsp3) is 0.182. The Morgan fingerprint density at radius 2 is 2.12 bits per heavy atom. The van der Waals surface area contributed by atoms with Gasteiger partial charge in [0, 0.05) is 11.6 Å². The van der Waals surface area contributed by atoms with E-state index in [9.17, 15) is 4.79 Å². The third-order valence-electron chi connectivity index (χ3n) is 2.36. The van der Waals surface area contributed by atoms with Crippen LogP contribution in [0, 0.1) is 0 Å². The molecule has 0 fully saturated rings. The summed E-state index contributed by atoms with van der Waals surface area (Å²) >= 11 is 0. The number of benzene rings is 1. The molecule has 1 aromatic carbocycles. The van der Waals surface area contributed by atoms with Crippen LogP contribution < -0.4 is 10.5 Å². The van der Waals surface area contributed by atoms with Crippen LogP contribution >= 0.6 is 0 Å². The van der Waals surface area contributed by atoms with E-state index in [1.165, 1.54) is 20.4 Å². The van der Waals surface area contributed by atoms with E-state index >= 15 is 0 Å². The minimum Gasteiger partial charge on any atom is -0.494 e. The second kappa shape index (κ2) is 4.25. The molecule has 1 heterocycles. The molecular formula is C11H11N3O3. The summed E-state index contributed by atoms with van der Waals surface area (Å²) in [5.41, 5.74) is 6.38. The molecule has 0 aliphatic heterocycles. The highest BCUT2D eigenvalue weighted by molar-refractivity contribution is 6.04. The predicted octanol–water partition coefficient (Wildman–Crippen LogP) is 1.01. The highest BCUT2D eigenvalue weighted by Gasteiger charge is 2.14. The van der Waals surface area contributed by atoms with Crippen molar-refractivity contribution in [2.24, 2.45) is 0 Å². The second-order valence-corrected chi connectivity index (χ2v) is 3.30. The first-order valence-electron chi connectivity index (χ1n) is 4.85. The van der Waals surface area contributed by atoms with Crippen LogP contribution in [0.4, 0.5) is 5.95 Å². The Kier molecular flexibility index (Phi) is 2.78. The molecule has 0 amide bonds. The molecule has 0 saturated carbocycles. The number of methoxy groups -OCH3 is 2. The number of hydrogen-bond donors (Lipinski definition) is 1. The van der Waals surface area contributed by atoms with Gasteiger partial charge in [-0.3, -0.25) is 0 Å².